The molecule has 118 valence electrons. The third kappa shape index (κ3) is 3.23. The predicted octanol–water partition coefficient (Wildman–Crippen LogP) is 6.49. The number of nitrogens with zero attached hydrogens (tertiary/aromatic N) is 4. The third-order valence-corrected chi connectivity index (χ3v) is 4.00. The fourth-order valence-corrected chi connectivity index (χ4v) is 2.73. The van der Waals surface area contributed by atoms with Gasteiger partial charge in [0, 0.05) is 11.2 Å². The number of pyridine rings is 1. The molecule has 0 N–H and O–H groups in total. The average Bonchev–Trinajstić information content (AvgIpc) is 2.84. The van der Waals surface area contributed by atoms with Gasteiger partial charge in [0.15, 0.2) is 5.82 Å². The predicted molar refractivity (Wildman–Crippen MR) is 94.7 cm³/mol. The average molecular weight is 347 g/mol. The molecule has 4 nitrogen and oxygen atoms in total. The number of hydrogen-bond acceptors (Lipinski definition) is 3. The second-order valence-corrected chi connectivity index (χ2v) is 6.55. The molecule has 0 bridgehead atoms. The van der Waals surface area contributed by atoms with E-state index >= 15 is 0 Å². The lowest BCUT2D eigenvalue weighted by atomic mass is 10.1. The fraction of sp³-hybridized carbons (Fsp3) is 0.235. The Bertz CT molecular complexity index is 897. The molecule has 0 radical (unpaired) electrons. The molecule has 0 unspecified atom stereocenters. The lowest BCUT2D eigenvalue weighted by molar-refractivity contribution is 0.831. The van der Waals surface area contributed by atoms with Gasteiger partial charge in [0.05, 0.1) is 16.4 Å². The molecule has 0 amide bonds. The molecule has 2 aromatic heterocycles. The Hall–Kier alpha value is -1.91. The van der Waals surface area contributed by atoms with Crippen LogP contribution in [0.1, 0.15) is 31.0 Å². The van der Waals surface area contributed by atoms with Gasteiger partial charge in [-0.2, -0.15) is 0 Å². The second-order valence-electron chi connectivity index (χ2n) is 5.68. The molecule has 0 aliphatic rings. The quantitative estimate of drug-likeness (QED) is 0.499. The molecular weight excluding hydrogens is 331 g/mol. The minimum Gasteiger partial charge on any atom is -0.281 e. The van der Waals surface area contributed by atoms with E-state index in [-0.39, 0.29) is 5.92 Å². The number of halogens is 2. The highest BCUT2D eigenvalue weighted by molar-refractivity contribution is 6.30. The first kappa shape index (κ1) is 16.0. The van der Waals surface area contributed by atoms with E-state index in [9.17, 15) is 0 Å². The summed E-state index contributed by atoms with van der Waals surface area (Å²) in [6, 6.07) is 9.22. The molecule has 1 aromatic carbocycles. The van der Waals surface area contributed by atoms with Crippen LogP contribution < -0.4 is 0 Å². The van der Waals surface area contributed by atoms with Crippen LogP contribution in [0.15, 0.2) is 46.8 Å². The molecule has 2 heterocycles. The maximum Gasteiger partial charge on any atom is 0.183 e. The summed E-state index contributed by atoms with van der Waals surface area (Å²) in [7, 11) is 0. The highest BCUT2D eigenvalue weighted by atomic mass is 35.5. The van der Waals surface area contributed by atoms with Crippen molar-refractivity contribution in [3.05, 3.63) is 57.8 Å². The lowest BCUT2D eigenvalue weighted by Gasteiger charge is -2.03. The van der Waals surface area contributed by atoms with Crippen molar-refractivity contribution in [1.29, 1.82) is 0 Å². The van der Waals surface area contributed by atoms with Crippen LogP contribution in [-0.4, -0.2) is 9.38 Å². The number of aryl methyl sites for hydroxylation is 1. The van der Waals surface area contributed by atoms with Gasteiger partial charge in [-0.15, -0.1) is 10.2 Å². The number of azo groups is 1. The van der Waals surface area contributed by atoms with Gasteiger partial charge < -0.3 is 0 Å². The van der Waals surface area contributed by atoms with E-state index in [4.69, 9.17) is 23.2 Å². The maximum absolute atomic E-state index is 6.10. The Morgan fingerprint density at radius 1 is 1.04 bits per heavy atom. The summed E-state index contributed by atoms with van der Waals surface area (Å²) in [6.07, 6.45) is 1.80. The number of hydrogen-bond donors (Lipinski definition) is 0. The topological polar surface area (TPSA) is 42.0 Å². The summed E-state index contributed by atoms with van der Waals surface area (Å²) in [6.45, 7) is 6.11. The van der Waals surface area contributed by atoms with E-state index in [0.717, 1.165) is 22.6 Å². The summed E-state index contributed by atoms with van der Waals surface area (Å²) in [4.78, 5) is 4.63. The van der Waals surface area contributed by atoms with Crippen LogP contribution in [0.4, 0.5) is 11.5 Å². The lowest BCUT2D eigenvalue weighted by Crippen LogP contribution is -1.87. The Balaban J connectivity index is 2.12. The first-order chi connectivity index (χ1) is 11.0. The Labute approximate surface area is 144 Å². The molecule has 3 rings (SSSR count). The van der Waals surface area contributed by atoms with Gasteiger partial charge in [0.25, 0.3) is 0 Å². The van der Waals surface area contributed by atoms with Gasteiger partial charge in [0.1, 0.15) is 5.65 Å². The highest BCUT2D eigenvalue weighted by Gasteiger charge is 2.15. The van der Waals surface area contributed by atoms with Gasteiger partial charge in [0.2, 0.25) is 0 Å². The van der Waals surface area contributed by atoms with Crippen LogP contribution in [-0.2, 0) is 0 Å². The standard InChI is InChI=1S/C17H16Cl2N4/c1-10(2)16-17(23-9-13(19)5-7-15(23)20-16)22-21-14-6-4-12(18)8-11(14)3/h4-10H,1-3H3. The largest absolute Gasteiger partial charge is 0.281 e. The normalized spacial score (nSPS) is 11.9. The molecule has 0 spiro atoms. The maximum atomic E-state index is 6.10. The molecule has 0 aliphatic heterocycles. The molecule has 6 heteroatoms. The monoisotopic (exact) mass is 346 g/mol. The molecule has 0 saturated carbocycles. The van der Waals surface area contributed by atoms with Crippen molar-refractivity contribution in [1.82, 2.24) is 9.38 Å². The first-order valence-corrected chi connectivity index (χ1v) is 8.06. The van der Waals surface area contributed by atoms with E-state index in [1.165, 1.54) is 0 Å². The van der Waals surface area contributed by atoms with Crippen molar-refractivity contribution in [3.63, 3.8) is 0 Å². The second kappa shape index (κ2) is 6.30. The zero-order valence-electron chi connectivity index (χ0n) is 13.1. The number of rotatable bonds is 3. The van der Waals surface area contributed by atoms with E-state index in [1.54, 1.807) is 12.3 Å². The first-order valence-electron chi connectivity index (χ1n) is 7.31. The molecule has 3 aromatic rings. The van der Waals surface area contributed by atoms with Crippen molar-refractivity contribution < 1.29 is 0 Å². The minimum atomic E-state index is 0.231. The van der Waals surface area contributed by atoms with Crippen LogP contribution in [0.5, 0.6) is 0 Å². The molecule has 0 atom stereocenters. The Kier molecular flexibility index (Phi) is 4.37. The van der Waals surface area contributed by atoms with E-state index < -0.39 is 0 Å². The van der Waals surface area contributed by atoms with Gasteiger partial charge in [-0.1, -0.05) is 37.0 Å². The molecule has 0 saturated heterocycles. The molecular formula is C17H16Cl2N4. The Morgan fingerprint density at radius 3 is 2.48 bits per heavy atom. The molecule has 0 aliphatic carbocycles. The number of benzene rings is 1. The van der Waals surface area contributed by atoms with Crippen LogP contribution >= 0.6 is 23.2 Å². The van der Waals surface area contributed by atoms with Crippen molar-refractivity contribution in [2.24, 2.45) is 10.2 Å². The number of imidazole rings is 1. The van der Waals surface area contributed by atoms with Crippen LogP contribution in [0.3, 0.4) is 0 Å². The summed E-state index contributed by atoms with van der Waals surface area (Å²) in [5.41, 5.74) is 3.45. The molecule has 0 fully saturated rings. The highest BCUT2D eigenvalue weighted by Crippen LogP contribution is 2.31. The third-order valence-electron chi connectivity index (χ3n) is 3.54. The zero-order chi connectivity index (χ0) is 16.6. The zero-order valence-corrected chi connectivity index (χ0v) is 14.6. The van der Waals surface area contributed by atoms with Gasteiger partial charge >= 0.3 is 0 Å². The van der Waals surface area contributed by atoms with Crippen LogP contribution in [0.25, 0.3) is 5.65 Å². The van der Waals surface area contributed by atoms with E-state index in [2.05, 4.69) is 29.1 Å². The minimum absolute atomic E-state index is 0.231. The van der Waals surface area contributed by atoms with E-state index in [0.29, 0.717) is 15.9 Å². The fourth-order valence-electron chi connectivity index (χ4n) is 2.34. The van der Waals surface area contributed by atoms with Crippen molar-refractivity contribution in [3.8, 4) is 0 Å². The van der Waals surface area contributed by atoms with Crippen molar-refractivity contribution in [2.75, 3.05) is 0 Å². The van der Waals surface area contributed by atoms with Crippen LogP contribution in [0.2, 0.25) is 10.0 Å². The summed E-state index contributed by atoms with van der Waals surface area (Å²) < 4.78 is 1.87. The number of aromatic nitrogens is 2. The summed E-state index contributed by atoms with van der Waals surface area (Å²) in [5.74, 6) is 0.931. The summed E-state index contributed by atoms with van der Waals surface area (Å²) >= 11 is 12.1. The smallest absolute Gasteiger partial charge is 0.183 e. The van der Waals surface area contributed by atoms with Crippen molar-refractivity contribution >= 4 is 40.4 Å². The van der Waals surface area contributed by atoms with Gasteiger partial charge in [-0.05, 0) is 48.7 Å². The Morgan fingerprint density at radius 2 is 1.78 bits per heavy atom. The van der Waals surface area contributed by atoms with Crippen molar-refractivity contribution in [2.45, 2.75) is 26.7 Å². The van der Waals surface area contributed by atoms with E-state index in [1.807, 2.05) is 35.6 Å². The SMILES string of the molecule is Cc1cc(Cl)ccc1N=Nc1c(C(C)C)nc2ccc(Cl)cn12. The summed E-state index contributed by atoms with van der Waals surface area (Å²) in [5, 5.41) is 10.1. The van der Waals surface area contributed by atoms with Crippen LogP contribution in [0, 0.1) is 6.92 Å². The van der Waals surface area contributed by atoms with Gasteiger partial charge in [-0.3, -0.25) is 4.40 Å². The van der Waals surface area contributed by atoms with Gasteiger partial charge in [-0.25, -0.2) is 4.98 Å². The number of fused-ring (bicyclic) bond motifs is 1. The molecule has 23 heavy (non-hydrogen) atoms.